The minimum absolute atomic E-state index is 0.291. The van der Waals surface area contributed by atoms with E-state index < -0.39 is 10.0 Å². The van der Waals surface area contributed by atoms with Crippen molar-refractivity contribution < 1.29 is 13.2 Å². The van der Waals surface area contributed by atoms with Gasteiger partial charge in [-0.15, -0.1) is 0 Å². The van der Waals surface area contributed by atoms with Gasteiger partial charge in [0.25, 0.3) is 0 Å². The van der Waals surface area contributed by atoms with Crippen molar-refractivity contribution in [3.05, 3.63) is 29.8 Å². The van der Waals surface area contributed by atoms with E-state index in [9.17, 15) is 8.42 Å². The Morgan fingerprint density at radius 2 is 1.95 bits per heavy atom. The average Bonchev–Trinajstić information content (AvgIpc) is 3.27. The first-order valence-electron chi connectivity index (χ1n) is 6.87. The van der Waals surface area contributed by atoms with Crippen LogP contribution in [0.2, 0.25) is 0 Å². The van der Waals surface area contributed by atoms with Crippen LogP contribution < -0.4 is 5.73 Å². The first kappa shape index (κ1) is 15.4. The van der Waals surface area contributed by atoms with E-state index in [2.05, 4.69) is 0 Å². The highest BCUT2D eigenvalue weighted by atomic mass is 32.2. The van der Waals surface area contributed by atoms with Crippen LogP contribution in [0.3, 0.4) is 0 Å². The molecule has 0 bridgehead atoms. The number of rotatable bonds is 8. The average molecular weight is 298 g/mol. The molecule has 2 N–H and O–H groups in total. The second-order valence-electron chi connectivity index (χ2n) is 5.19. The summed E-state index contributed by atoms with van der Waals surface area (Å²) < 4.78 is 31.4. The van der Waals surface area contributed by atoms with Crippen LogP contribution in [-0.2, 0) is 21.3 Å². The molecule has 2 rings (SSSR count). The van der Waals surface area contributed by atoms with Crippen molar-refractivity contribution in [3.63, 3.8) is 0 Å². The van der Waals surface area contributed by atoms with E-state index in [0.29, 0.717) is 30.5 Å². The van der Waals surface area contributed by atoms with Crippen LogP contribution in [0.25, 0.3) is 0 Å². The monoisotopic (exact) mass is 298 g/mol. The van der Waals surface area contributed by atoms with Crippen LogP contribution in [0.5, 0.6) is 0 Å². The molecule has 1 aromatic carbocycles. The lowest BCUT2D eigenvalue weighted by atomic mass is 10.2. The van der Waals surface area contributed by atoms with Crippen molar-refractivity contribution in [1.82, 2.24) is 4.31 Å². The molecule has 1 fully saturated rings. The maximum absolute atomic E-state index is 12.3. The lowest BCUT2D eigenvalue weighted by Gasteiger charge is -2.17. The summed E-state index contributed by atoms with van der Waals surface area (Å²) >= 11 is 0. The van der Waals surface area contributed by atoms with Gasteiger partial charge in [-0.25, -0.2) is 8.42 Å². The van der Waals surface area contributed by atoms with Crippen molar-refractivity contribution in [3.8, 4) is 0 Å². The molecule has 20 heavy (non-hydrogen) atoms. The van der Waals surface area contributed by atoms with Crippen molar-refractivity contribution in [2.24, 2.45) is 11.7 Å². The number of benzene rings is 1. The summed E-state index contributed by atoms with van der Waals surface area (Å²) in [6, 6.07) is 6.67. The fraction of sp³-hybridized carbons (Fsp3) is 0.571. The van der Waals surface area contributed by atoms with Crippen LogP contribution >= 0.6 is 0 Å². The molecule has 6 heteroatoms. The van der Waals surface area contributed by atoms with E-state index in [1.807, 2.05) is 0 Å². The Morgan fingerprint density at radius 3 is 2.50 bits per heavy atom. The minimum Gasteiger partial charge on any atom is -0.380 e. The molecule has 0 unspecified atom stereocenters. The number of nitrogens with two attached hydrogens (primary N) is 1. The van der Waals surface area contributed by atoms with E-state index in [0.717, 1.165) is 12.2 Å². The number of hydrogen-bond acceptors (Lipinski definition) is 4. The van der Waals surface area contributed by atoms with Gasteiger partial charge in [0.05, 0.1) is 11.5 Å². The maximum atomic E-state index is 12.3. The molecule has 0 saturated heterocycles. The van der Waals surface area contributed by atoms with Gasteiger partial charge < -0.3 is 10.5 Å². The fourth-order valence-electron chi connectivity index (χ4n) is 1.83. The first-order valence-corrected chi connectivity index (χ1v) is 8.31. The molecule has 112 valence electrons. The van der Waals surface area contributed by atoms with E-state index in [1.54, 1.807) is 31.3 Å². The van der Waals surface area contributed by atoms with Gasteiger partial charge in [-0.2, -0.15) is 4.31 Å². The molecule has 1 saturated carbocycles. The van der Waals surface area contributed by atoms with Crippen molar-refractivity contribution >= 4 is 10.0 Å². The third kappa shape index (κ3) is 4.02. The van der Waals surface area contributed by atoms with Crippen LogP contribution in [0.1, 0.15) is 18.4 Å². The van der Waals surface area contributed by atoms with Gasteiger partial charge in [-0.3, -0.25) is 0 Å². The highest BCUT2D eigenvalue weighted by molar-refractivity contribution is 7.89. The van der Waals surface area contributed by atoms with Crippen molar-refractivity contribution in [2.45, 2.75) is 24.3 Å². The van der Waals surface area contributed by atoms with Crippen LogP contribution in [0.15, 0.2) is 29.2 Å². The standard InChI is InChI=1S/C14H22N2O3S/c1-16(8-9-19-11-13-2-3-13)20(17,18)14-6-4-12(10-15)5-7-14/h4-7,13H,2-3,8-11,15H2,1H3. The normalized spacial score (nSPS) is 15.8. The Balaban J connectivity index is 1.89. The van der Waals surface area contributed by atoms with E-state index in [1.165, 1.54) is 17.1 Å². The SMILES string of the molecule is CN(CCOCC1CC1)S(=O)(=O)c1ccc(CN)cc1. The number of nitrogens with zero attached hydrogens (tertiary/aromatic N) is 1. The lowest BCUT2D eigenvalue weighted by Crippen LogP contribution is -2.30. The zero-order chi connectivity index (χ0) is 14.6. The Labute approximate surface area is 120 Å². The van der Waals surface area contributed by atoms with E-state index in [4.69, 9.17) is 10.5 Å². The molecule has 0 aromatic heterocycles. The van der Waals surface area contributed by atoms with Gasteiger partial charge >= 0.3 is 0 Å². The third-order valence-corrected chi connectivity index (χ3v) is 5.34. The molecule has 0 spiro atoms. The van der Waals surface area contributed by atoms with Gasteiger partial charge in [0.2, 0.25) is 10.0 Å². The summed E-state index contributed by atoms with van der Waals surface area (Å²) in [4.78, 5) is 0.291. The molecule has 1 aliphatic carbocycles. The van der Waals surface area contributed by atoms with E-state index >= 15 is 0 Å². The molecule has 0 atom stereocenters. The van der Waals surface area contributed by atoms with Gasteiger partial charge in [-0.1, -0.05) is 12.1 Å². The molecule has 0 heterocycles. The predicted molar refractivity (Wildman–Crippen MR) is 77.7 cm³/mol. The van der Waals surface area contributed by atoms with E-state index in [-0.39, 0.29) is 0 Å². The third-order valence-electron chi connectivity index (χ3n) is 3.47. The summed E-state index contributed by atoms with van der Waals surface area (Å²) in [6.07, 6.45) is 2.48. The van der Waals surface area contributed by atoms with Gasteiger partial charge in [-0.05, 0) is 36.5 Å². The maximum Gasteiger partial charge on any atom is 0.242 e. The number of hydrogen-bond donors (Lipinski definition) is 1. The summed E-state index contributed by atoms with van der Waals surface area (Å²) in [7, 11) is -1.86. The summed E-state index contributed by atoms with van der Waals surface area (Å²) in [5.74, 6) is 0.695. The summed E-state index contributed by atoms with van der Waals surface area (Å²) in [6.45, 7) is 1.96. The smallest absolute Gasteiger partial charge is 0.242 e. The van der Waals surface area contributed by atoms with Crippen molar-refractivity contribution in [2.75, 3.05) is 26.8 Å². The Bertz CT molecular complexity index is 524. The topological polar surface area (TPSA) is 72.6 Å². The molecule has 0 aliphatic heterocycles. The molecule has 1 aliphatic rings. The number of likely N-dealkylation sites (N-methyl/N-ethyl adjacent to an activating group) is 1. The Hall–Kier alpha value is -0.950. The molecule has 0 radical (unpaired) electrons. The predicted octanol–water partition coefficient (Wildman–Crippen LogP) is 1.19. The molecule has 0 amide bonds. The van der Waals surface area contributed by atoms with Crippen molar-refractivity contribution in [1.29, 1.82) is 0 Å². The van der Waals surface area contributed by atoms with Gasteiger partial charge in [0.1, 0.15) is 0 Å². The largest absolute Gasteiger partial charge is 0.380 e. The second kappa shape index (κ2) is 6.67. The van der Waals surface area contributed by atoms with Gasteiger partial charge in [0.15, 0.2) is 0 Å². The second-order valence-corrected chi connectivity index (χ2v) is 7.24. The van der Waals surface area contributed by atoms with Crippen LogP contribution in [-0.4, -0.2) is 39.5 Å². The lowest BCUT2D eigenvalue weighted by molar-refractivity contribution is 0.117. The number of sulfonamides is 1. The van der Waals surface area contributed by atoms with Crippen LogP contribution in [0, 0.1) is 5.92 Å². The molecular formula is C14H22N2O3S. The Kier molecular flexibility index (Phi) is 5.15. The van der Waals surface area contributed by atoms with Crippen LogP contribution in [0.4, 0.5) is 0 Å². The molecule has 5 nitrogen and oxygen atoms in total. The molecular weight excluding hydrogens is 276 g/mol. The number of ether oxygens (including phenoxy) is 1. The highest BCUT2D eigenvalue weighted by Gasteiger charge is 2.22. The minimum atomic E-state index is -3.44. The zero-order valence-electron chi connectivity index (χ0n) is 11.8. The fourth-order valence-corrected chi connectivity index (χ4v) is 2.98. The molecule has 1 aromatic rings. The van der Waals surface area contributed by atoms with Gasteiger partial charge in [0, 0.05) is 26.7 Å². The quantitative estimate of drug-likeness (QED) is 0.732. The highest BCUT2D eigenvalue weighted by Crippen LogP contribution is 2.28. The zero-order valence-corrected chi connectivity index (χ0v) is 12.6. The summed E-state index contributed by atoms with van der Waals surface area (Å²) in [5, 5.41) is 0. The first-order chi connectivity index (χ1) is 9.54. The Morgan fingerprint density at radius 1 is 1.30 bits per heavy atom. The summed E-state index contributed by atoms with van der Waals surface area (Å²) in [5.41, 5.74) is 6.42.